The highest BCUT2D eigenvalue weighted by Gasteiger charge is 2.12. The number of hydrogen-bond donors (Lipinski definition) is 1. The number of aromatic nitrogens is 1. The van der Waals surface area contributed by atoms with Crippen molar-refractivity contribution in [3.63, 3.8) is 0 Å². The molecule has 0 radical (unpaired) electrons. The first-order chi connectivity index (χ1) is 10.7. The van der Waals surface area contributed by atoms with Gasteiger partial charge < -0.3 is 15.0 Å². The van der Waals surface area contributed by atoms with Crippen LogP contribution in [0, 0.1) is 3.57 Å². The third-order valence-corrected chi connectivity index (χ3v) is 4.56. The van der Waals surface area contributed by atoms with Crippen LogP contribution in [-0.4, -0.2) is 31.3 Å². The maximum Gasteiger partial charge on any atom is 0.128 e. The first kappa shape index (κ1) is 15.6. The van der Waals surface area contributed by atoms with Gasteiger partial charge in [0.05, 0.1) is 25.1 Å². The highest BCUT2D eigenvalue weighted by Crippen LogP contribution is 2.21. The SMILES string of the molecule is CC(Nc1ccc(N2CCOCC2)nc1)c1ccc(I)cc1. The van der Waals surface area contributed by atoms with Crippen molar-refractivity contribution in [2.75, 3.05) is 36.5 Å². The third kappa shape index (κ3) is 3.89. The predicted octanol–water partition coefficient (Wildman–Crippen LogP) is 3.70. The van der Waals surface area contributed by atoms with Crippen LogP contribution in [0.15, 0.2) is 42.6 Å². The Morgan fingerprint density at radius 1 is 1.14 bits per heavy atom. The molecule has 4 nitrogen and oxygen atoms in total. The lowest BCUT2D eigenvalue weighted by Crippen LogP contribution is -2.36. The molecule has 2 heterocycles. The van der Waals surface area contributed by atoms with E-state index in [0.717, 1.165) is 37.8 Å². The van der Waals surface area contributed by atoms with Crippen molar-refractivity contribution in [1.29, 1.82) is 0 Å². The van der Waals surface area contributed by atoms with Crippen molar-refractivity contribution in [2.45, 2.75) is 13.0 Å². The van der Waals surface area contributed by atoms with E-state index >= 15 is 0 Å². The molecule has 0 spiro atoms. The summed E-state index contributed by atoms with van der Waals surface area (Å²) in [5.41, 5.74) is 2.32. The Bertz CT molecular complexity index is 594. The molecule has 1 aromatic heterocycles. The van der Waals surface area contributed by atoms with Crippen LogP contribution in [0.25, 0.3) is 0 Å². The molecule has 1 atom stereocenters. The molecule has 116 valence electrons. The molecular formula is C17H20IN3O. The number of ether oxygens (including phenoxy) is 1. The van der Waals surface area contributed by atoms with Gasteiger partial charge in [-0.15, -0.1) is 0 Å². The number of halogens is 1. The van der Waals surface area contributed by atoms with Gasteiger partial charge in [0.1, 0.15) is 5.82 Å². The van der Waals surface area contributed by atoms with Crippen LogP contribution >= 0.6 is 22.6 Å². The number of rotatable bonds is 4. The van der Waals surface area contributed by atoms with Crippen LogP contribution in [0.4, 0.5) is 11.5 Å². The smallest absolute Gasteiger partial charge is 0.128 e. The average Bonchev–Trinajstić information content (AvgIpc) is 2.57. The third-order valence-electron chi connectivity index (χ3n) is 3.84. The maximum absolute atomic E-state index is 5.37. The Morgan fingerprint density at radius 2 is 1.86 bits per heavy atom. The van der Waals surface area contributed by atoms with E-state index < -0.39 is 0 Å². The van der Waals surface area contributed by atoms with Gasteiger partial charge in [0.25, 0.3) is 0 Å². The lowest BCUT2D eigenvalue weighted by Gasteiger charge is -2.28. The number of hydrogen-bond acceptors (Lipinski definition) is 4. The summed E-state index contributed by atoms with van der Waals surface area (Å²) in [6, 6.07) is 13.0. The zero-order valence-electron chi connectivity index (χ0n) is 12.6. The molecule has 0 amide bonds. The second kappa shape index (κ2) is 7.28. The second-order valence-electron chi connectivity index (χ2n) is 5.42. The van der Waals surface area contributed by atoms with E-state index in [9.17, 15) is 0 Å². The minimum absolute atomic E-state index is 0.257. The average molecular weight is 409 g/mol. The molecule has 1 unspecified atom stereocenters. The summed E-state index contributed by atoms with van der Waals surface area (Å²) in [4.78, 5) is 6.83. The highest BCUT2D eigenvalue weighted by atomic mass is 127. The molecule has 5 heteroatoms. The van der Waals surface area contributed by atoms with Crippen LogP contribution < -0.4 is 10.2 Å². The quantitative estimate of drug-likeness (QED) is 0.782. The molecule has 1 aliphatic heterocycles. The highest BCUT2D eigenvalue weighted by molar-refractivity contribution is 14.1. The minimum Gasteiger partial charge on any atom is -0.378 e. The topological polar surface area (TPSA) is 37.4 Å². The van der Waals surface area contributed by atoms with Gasteiger partial charge >= 0.3 is 0 Å². The molecule has 1 aliphatic rings. The molecule has 1 aromatic carbocycles. The van der Waals surface area contributed by atoms with Crippen molar-refractivity contribution in [1.82, 2.24) is 4.98 Å². The van der Waals surface area contributed by atoms with Gasteiger partial charge in [-0.3, -0.25) is 0 Å². The molecule has 1 saturated heterocycles. The van der Waals surface area contributed by atoms with Gasteiger partial charge in [-0.2, -0.15) is 0 Å². The molecule has 2 aromatic rings. The van der Waals surface area contributed by atoms with Crippen molar-refractivity contribution >= 4 is 34.1 Å². The summed E-state index contributed by atoms with van der Waals surface area (Å²) < 4.78 is 6.63. The normalized spacial score (nSPS) is 16.4. The lowest BCUT2D eigenvalue weighted by atomic mass is 10.1. The van der Waals surface area contributed by atoms with Crippen molar-refractivity contribution in [3.8, 4) is 0 Å². The number of nitrogens with one attached hydrogen (secondary N) is 1. The molecule has 0 aliphatic carbocycles. The first-order valence-electron chi connectivity index (χ1n) is 7.53. The summed E-state index contributed by atoms with van der Waals surface area (Å²) in [7, 11) is 0. The fraction of sp³-hybridized carbons (Fsp3) is 0.353. The Labute approximate surface area is 145 Å². The largest absolute Gasteiger partial charge is 0.378 e. The van der Waals surface area contributed by atoms with Gasteiger partial charge in [0, 0.05) is 22.7 Å². The van der Waals surface area contributed by atoms with E-state index in [2.05, 4.69) is 81.1 Å². The summed E-state index contributed by atoms with van der Waals surface area (Å²) in [5.74, 6) is 1.02. The number of pyridine rings is 1. The van der Waals surface area contributed by atoms with E-state index in [0.29, 0.717) is 0 Å². The van der Waals surface area contributed by atoms with Gasteiger partial charge in [-0.1, -0.05) is 12.1 Å². The molecule has 0 saturated carbocycles. The monoisotopic (exact) mass is 409 g/mol. The van der Waals surface area contributed by atoms with Crippen molar-refractivity contribution in [3.05, 3.63) is 51.7 Å². The first-order valence-corrected chi connectivity index (χ1v) is 8.61. The van der Waals surface area contributed by atoms with Crippen molar-refractivity contribution in [2.24, 2.45) is 0 Å². The van der Waals surface area contributed by atoms with E-state index in [-0.39, 0.29) is 6.04 Å². The number of morpholine rings is 1. The second-order valence-corrected chi connectivity index (χ2v) is 6.67. The maximum atomic E-state index is 5.37. The summed E-state index contributed by atoms with van der Waals surface area (Å²) >= 11 is 2.32. The Morgan fingerprint density at radius 3 is 2.50 bits per heavy atom. The number of nitrogens with zero attached hydrogens (tertiary/aromatic N) is 2. The standard InChI is InChI=1S/C17H20IN3O/c1-13(14-2-4-15(18)5-3-14)20-16-6-7-17(19-12-16)21-8-10-22-11-9-21/h2-7,12-13,20H,8-11H2,1H3. The van der Waals surface area contributed by atoms with E-state index in [1.54, 1.807) is 0 Å². The minimum atomic E-state index is 0.257. The number of anilines is 2. The number of benzene rings is 1. The van der Waals surface area contributed by atoms with Gasteiger partial charge in [-0.05, 0) is 59.3 Å². The van der Waals surface area contributed by atoms with Gasteiger partial charge in [0.2, 0.25) is 0 Å². The molecule has 0 bridgehead atoms. The zero-order chi connectivity index (χ0) is 15.4. The van der Waals surface area contributed by atoms with Gasteiger partial charge in [0.15, 0.2) is 0 Å². The van der Waals surface area contributed by atoms with E-state index in [4.69, 9.17) is 4.74 Å². The fourth-order valence-electron chi connectivity index (χ4n) is 2.54. The summed E-state index contributed by atoms with van der Waals surface area (Å²) in [6.45, 7) is 5.56. The van der Waals surface area contributed by atoms with Crippen LogP contribution in [0.3, 0.4) is 0 Å². The van der Waals surface area contributed by atoms with Crippen LogP contribution in [0.2, 0.25) is 0 Å². The fourth-order valence-corrected chi connectivity index (χ4v) is 2.90. The van der Waals surface area contributed by atoms with E-state index in [1.165, 1.54) is 9.13 Å². The molecule has 1 N–H and O–H groups in total. The summed E-state index contributed by atoms with van der Waals surface area (Å²) in [6.07, 6.45) is 1.91. The van der Waals surface area contributed by atoms with Crippen LogP contribution in [0.1, 0.15) is 18.5 Å². The van der Waals surface area contributed by atoms with Crippen molar-refractivity contribution < 1.29 is 4.74 Å². The summed E-state index contributed by atoms with van der Waals surface area (Å²) in [5, 5.41) is 3.50. The molecule has 3 rings (SSSR count). The lowest BCUT2D eigenvalue weighted by molar-refractivity contribution is 0.122. The van der Waals surface area contributed by atoms with E-state index in [1.807, 2.05) is 6.20 Å². The zero-order valence-corrected chi connectivity index (χ0v) is 14.8. The predicted molar refractivity (Wildman–Crippen MR) is 98.5 cm³/mol. The molecule has 1 fully saturated rings. The Hall–Kier alpha value is -1.34. The van der Waals surface area contributed by atoms with Crippen LogP contribution in [0.5, 0.6) is 0 Å². The van der Waals surface area contributed by atoms with Crippen LogP contribution in [-0.2, 0) is 4.74 Å². The molecular weight excluding hydrogens is 389 g/mol. The Kier molecular flexibility index (Phi) is 5.15. The molecule has 22 heavy (non-hydrogen) atoms. The van der Waals surface area contributed by atoms with Gasteiger partial charge in [-0.25, -0.2) is 4.98 Å². The Balaban J connectivity index is 1.64.